The van der Waals surface area contributed by atoms with Gasteiger partial charge >= 0.3 is 0 Å². The van der Waals surface area contributed by atoms with Gasteiger partial charge in [0.25, 0.3) is 0 Å². The number of carbonyl (C=O) groups excluding carboxylic acids is 1. The summed E-state index contributed by atoms with van der Waals surface area (Å²) in [6.07, 6.45) is 2.75. The lowest BCUT2D eigenvalue weighted by atomic mass is 10.0. The summed E-state index contributed by atoms with van der Waals surface area (Å²) in [6, 6.07) is 0. The number of aromatic nitrogens is 3. The summed E-state index contributed by atoms with van der Waals surface area (Å²) in [6.45, 7) is 2.42. The van der Waals surface area contributed by atoms with Crippen LogP contribution in [-0.4, -0.2) is 40.6 Å². The van der Waals surface area contributed by atoms with Crippen molar-refractivity contribution in [3.63, 3.8) is 0 Å². The van der Waals surface area contributed by atoms with E-state index in [1.54, 1.807) is 0 Å². The number of rotatable bonds is 2. The van der Waals surface area contributed by atoms with Crippen LogP contribution >= 0.6 is 11.8 Å². The molecule has 0 aromatic carbocycles. The standard InChI is InChI=1S/C12H14N4OS/c1-4-6-8-7(17)5-16(2)11-9(8)10(13-6)14-12(15-11)18-3/h4-5H2,1-3H3,(H,13,14,15). The van der Waals surface area contributed by atoms with Gasteiger partial charge in [-0.3, -0.25) is 4.79 Å². The SMILES string of the molecule is CCc1[nH]c2nc(SC)nc3c2c1C(=O)CN3C. The number of ketones is 1. The second-order valence-electron chi connectivity index (χ2n) is 4.37. The summed E-state index contributed by atoms with van der Waals surface area (Å²) in [5.74, 6) is 1.00. The van der Waals surface area contributed by atoms with Gasteiger partial charge in [-0.05, 0) is 12.7 Å². The molecule has 3 heterocycles. The first-order chi connectivity index (χ1) is 8.65. The van der Waals surface area contributed by atoms with Crippen molar-refractivity contribution in [2.45, 2.75) is 18.5 Å². The maximum Gasteiger partial charge on any atom is 0.191 e. The van der Waals surface area contributed by atoms with Crippen LogP contribution in [0.2, 0.25) is 0 Å². The predicted octanol–water partition coefficient (Wildman–Crippen LogP) is 1.87. The Morgan fingerprint density at radius 2 is 2.22 bits per heavy atom. The zero-order valence-electron chi connectivity index (χ0n) is 10.6. The van der Waals surface area contributed by atoms with Crippen LogP contribution in [-0.2, 0) is 6.42 Å². The molecule has 0 radical (unpaired) electrons. The monoisotopic (exact) mass is 262 g/mol. The van der Waals surface area contributed by atoms with Crippen molar-refractivity contribution < 1.29 is 4.79 Å². The van der Waals surface area contributed by atoms with Gasteiger partial charge < -0.3 is 9.88 Å². The first kappa shape index (κ1) is 11.5. The molecule has 2 aromatic heterocycles. The summed E-state index contributed by atoms with van der Waals surface area (Å²) in [4.78, 5) is 26.3. The van der Waals surface area contributed by atoms with E-state index in [1.165, 1.54) is 11.8 Å². The third kappa shape index (κ3) is 1.45. The lowest BCUT2D eigenvalue weighted by Gasteiger charge is -2.23. The van der Waals surface area contributed by atoms with Crippen LogP contribution in [0.1, 0.15) is 23.0 Å². The number of nitrogens with zero attached hydrogens (tertiary/aromatic N) is 3. The first-order valence-electron chi connectivity index (χ1n) is 5.86. The summed E-state index contributed by atoms with van der Waals surface area (Å²) >= 11 is 1.51. The molecule has 0 spiro atoms. The molecule has 1 N–H and O–H groups in total. The van der Waals surface area contributed by atoms with Gasteiger partial charge in [-0.1, -0.05) is 18.7 Å². The largest absolute Gasteiger partial charge is 0.351 e. The highest BCUT2D eigenvalue weighted by Crippen LogP contribution is 2.34. The van der Waals surface area contributed by atoms with Crippen LogP contribution < -0.4 is 4.90 Å². The predicted molar refractivity (Wildman–Crippen MR) is 72.6 cm³/mol. The van der Waals surface area contributed by atoms with E-state index in [0.717, 1.165) is 39.7 Å². The average molecular weight is 262 g/mol. The minimum absolute atomic E-state index is 0.147. The molecule has 2 aromatic rings. The van der Waals surface area contributed by atoms with Crippen LogP contribution in [0.3, 0.4) is 0 Å². The maximum atomic E-state index is 12.2. The van der Waals surface area contributed by atoms with Crippen molar-refractivity contribution in [1.82, 2.24) is 15.0 Å². The second-order valence-corrected chi connectivity index (χ2v) is 5.14. The first-order valence-corrected chi connectivity index (χ1v) is 7.09. The third-order valence-corrected chi connectivity index (χ3v) is 3.80. The van der Waals surface area contributed by atoms with E-state index in [0.29, 0.717) is 6.54 Å². The van der Waals surface area contributed by atoms with Crippen LogP contribution in [0, 0.1) is 0 Å². The molecule has 0 fully saturated rings. The average Bonchev–Trinajstić information content (AvgIpc) is 2.74. The van der Waals surface area contributed by atoms with Crippen molar-refractivity contribution >= 4 is 34.4 Å². The number of anilines is 1. The van der Waals surface area contributed by atoms with Gasteiger partial charge in [0.2, 0.25) is 0 Å². The number of H-pyrrole nitrogens is 1. The molecule has 1 aliphatic rings. The Kier molecular flexibility index (Phi) is 2.55. The fourth-order valence-electron chi connectivity index (χ4n) is 2.42. The Labute approximate surface area is 109 Å². The highest BCUT2D eigenvalue weighted by molar-refractivity contribution is 7.98. The van der Waals surface area contributed by atoms with E-state index in [9.17, 15) is 4.79 Å². The van der Waals surface area contributed by atoms with Crippen molar-refractivity contribution in [3.05, 3.63) is 11.3 Å². The van der Waals surface area contributed by atoms with Crippen LogP contribution in [0.25, 0.3) is 11.0 Å². The van der Waals surface area contributed by atoms with E-state index in [4.69, 9.17) is 0 Å². The quantitative estimate of drug-likeness (QED) is 0.661. The number of hydrogen-bond acceptors (Lipinski definition) is 5. The minimum Gasteiger partial charge on any atom is -0.351 e. The van der Waals surface area contributed by atoms with E-state index < -0.39 is 0 Å². The van der Waals surface area contributed by atoms with Gasteiger partial charge in [-0.2, -0.15) is 0 Å². The number of likely N-dealkylation sites (N-methyl/N-ethyl adjacent to an activating group) is 1. The minimum atomic E-state index is 0.147. The zero-order chi connectivity index (χ0) is 12.9. The number of nitrogens with one attached hydrogen (secondary N) is 1. The maximum absolute atomic E-state index is 12.2. The van der Waals surface area contributed by atoms with E-state index in [-0.39, 0.29) is 5.78 Å². The number of carbonyl (C=O) groups is 1. The number of aromatic amines is 1. The normalized spacial score (nSPS) is 14.6. The Bertz CT molecular complexity index is 649. The lowest BCUT2D eigenvalue weighted by Crippen LogP contribution is -2.30. The summed E-state index contributed by atoms with van der Waals surface area (Å²) in [5.41, 5.74) is 2.53. The Hall–Kier alpha value is -1.56. The molecule has 5 nitrogen and oxygen atoms in total. The Morgan fingerprint density at radius 3 is 2.89 bits per heavy atom. The van der Waals surface area contributed by atoms with Crippen LogP contribution in [0.5, 0.6) is 0 Å². The van der Waals surface area contributed by atoms with Gasteiger partial charge in [0, 0.05) is 12.7 Å². The number of thioether (sulfide) groups is 1. The van der Waals surface area contributed by atoms with Crippen LogP contribution in [0.15, 0.2) is 5.16 Å². The summed E-state index contributed by atoms with van der Waals surface area (Å²) in [5, 5.41) is 1.61. The van der Waals surface area contributed by atoms with E-state index >= 15 is 0 Å². The molecule has 6 heteroatoms. The highest BCUT2D eigenvalue weighted by atomic mass is 32.2. The lowest BCUT2D eigenvalue weighted by molar-refractivity contribution is 0.0999. The Morgan fingerprint density at radius 1 is 1.44 bits per heavy atom. The molecular weight excluding hydrogens is 248 g/mol. The zero-order valence-corrected chi connectivity index (χ0v) is 11.4. The third-order valence-electron chi connectivity index (χ3n) is 3.25. The van der Waals surface area contributed by atoms with E-state index in [2.05, 4.69) is 15.0 Å². The molecule has 0 atom stereocenters. The fraction of sp³-hybridized carbons (Fsp3) is 0.417. The number of Topliss-reactive ketones (excluding diaryl/α,β-unsaturated/α-hetero) is 1. The Balaban J connectivity index is 2.42. The molecule has 0 bridgehead atoms. The molecule has 94 valence electrons. The van der Waals surface area contributed by atoms with Crippen molar-refractivity contribution in [3.8, 4) is 0 Å². The molecule has 0 aliphatic carbocycles. The second kappa shape index (κ2) is 3.98. The molecule has 0 saturated carbocycles. The van der Waals surface area contributed by atoms with Gasteiger partial charge in [0.05, 0.1) is 17.5 Å². The number of hydrogen-bond donors (Lipinski definition) is 1. The number of aryl methyl sites for hydroxylation is 1. The molecule has 1 aliphatic heterocycles. The van der Waals surface area contributed by atoms with Gasteiger partial charge in [-0.25, -0.2) is 9.97 Å². The smallest absolute Gasteiger partial charge is 0.191 e. The highest BCUT2D eigenvalue weighted by Gasteiger charge is 2.29. The van der Waals surface area contributed by atoms with Crippen molar-refractivity contribution in [2.24, 2.45) is 0 Å². The molecule has 0 amide bonds. The molecule has 0 unspecified atom stereocenters. The molecule has 3 rings (SSSR count). The van der Waals surface area contributed by atoms with E-state index in [1.807, 2.05) is 25.1 Å². The summed E-state index contributed by atoms with van der Waals surface area (Å²) < 4.78 is 0. The van der Waals surface area contributed by atoms with Gasteiger partial charge in [0.15, 0.2) is 10.9 Å². The topological polar surface area (TPSA) is 61.9 Å². The molecular formula is C12H14N4OS. The van der Waals surface area contributed by atoms with Crippen molar-refractivity contribution in [2.75, 3.05) is 24.7 Å². The van der Waals surface area contributed by atoms with Crippen molar-refractivity contribution in [1.29, 1.82) is 0 Å². The van der Waals surface area contributed by atoms with Gasteiger partial charge in [0.1, 0.15) is 11.5 Å². The van der Waals surface area contributed by atoms with Gasteiger partial charge in [-0.15, -0.1) is 0 Å². The fourth-order valence-corrected chi connectivity index (χ4v) is 2.78. The molecule has 18 heavy (non-hydrogen) atoms. The molecule has 0 saturated heterocycles. The summed E-state index contributed by atoms with van der Waals surface area (Å²) in [7, 11) is 1.89. The van der Waals surface area contributed by atoms with Crippen LogP contribution in [0.4, 0.5) is 5.82 Å².